The summed E-state index contributed by atoms with van der Waals surface area (Å²) in [6.07, 6.45) is 0.165. The van der Waals surface area contributed by atoms with E-state index in [1.165, 1.54) is 18.3 Å². The molecule has 7 heteroatoms. The van der Waals surface area contributed by atoms with E-state index in [0.29, 0.717) is 28.4 Å². The lowest BCUT2D eigenvalue weighted by atomic mass is 10.1. The molecule has 1 heterocycles. The second-order valence-corrected chi connectivity index (χ2v) is 6.93. The molecule has 0 bridgehead atoms. The van der Waals surface area contributed by atoms with Crippen LogP contribution in [0.5, 0.6) is 11.5 Å². The Morgan fingerprint density at radius 3 is 2.39 bits per heavy atom. The van der Waals surface area contributed by atoms with Crippen LogP contribution in [-0.2, 0) is 11.2 Å². The van der Waals surface area contributed by atoms with Gasteiger partial charge in [-0.2, -0.15) is 0 Å². The van der Waals surface area contributed by atoms with Crippen molar-refractivity contribution >= 4 is 28.7 Å². The second-order valence-electron chi connectivity index (χ2n) is 6.07. The number of anilines is 1. The van der Waals surface area contributed by atoms with Gasteiger partial charge in [0.15, 0.2) is 17.3 Å². The predicted octanol–water partition coefficient (Wildman–Crippen LogP) is 4.21. The third kappa shape index (κ3) is 4.55. The largest absolute Gasteiger partial charge is 0.493 e. The molecular weight excluding hydrogens is 376 g/mol. The van der Waals surface area contributed by atoms with Crippen molar-refractivity contribution in [2.24, 2.45) is 0 Å². The Bertz CT molecular complexity index is 996. The van der Waals surface area contributed by atoms with Crippen molar-refractivity contribution in [2.75, 3.05) is 19.5 Å². The van der Waals surface area contributed by atoms with Crippen LogP contribution in [0.25, 0.3) is 10.6 Å². The smallest absolute Gasteiger partial charge is 0.230 e. The molecule has 3 aromatic rings. The van der Waals surface area contributed by atoms with Gasteiger partial charge in [-0.25, -0.2) is 4.98 Å². The number of amides is 1. The van der Waals surface area contributed by atoms with Gasteiger partial charge in [0.2, 0.25) is 5.91 Å². The summed E-state index contributed by atoms with van der Waals surface area (Å²) < 4.78 is 10.6. The standard InChI is InChI=1S/C21H20N2O4S/c1-13(24)14-4-7-16(8-5-14)22-20(25)11-17-12-28-21(23-17)15-6-9-18(26-2)19(10-15)27-3/h4-10,12H,11H2,1-3H3,(H,22,25). The number of nitrogens with zero attached hydrogens (tertiary/aromatic N) is 1. The van der Waals surface area contributed by atoms with E-state index >= 15 is 0 Å². The van der Waals surface area contributed by atoms with E-state index in [0.717, 1.165) is 10.6 Å². The zero-order chi connectivity index (χ0) is 20.1. The molecule has 0 aliphatic carbocycles. The Kier molecular flexibility index (Phi) is 6.06. The number of nitrogens with one attached hydrogen (secondary N) is 1. The quantitative estimate of drug-likeness (QED) is 0.605. The van der Waals surface area contributed by atoms with Gasteiger partial charge in [0.25, 0.3) is 0 Å². The molecule has 0 unspecified atom stereocenters. The molecule has 28 heavy (non-hydrogen) atoms. The van der Waals surface area contributed by atoms with Crippen molar-refractivity contribution in [3.63, 3.8) is 0 Å². The van der Waals surface area contributed by atoms with Gasteiger partial charge in [-0.05, 0) is 49.4 Å². The first-order valence-electron chi connectivity index (χ1n) is 8.58. The molecule has 0 aliphatic rings. The third-order valence-electron chi connectivity index (χ3n) is 4.10. The van der Waals surface area contributed by atoms with E-state index in [9.17, 15) is 9.59 Å². The topological polar surface area (TPSA) is 77.5 Å². The number of carbonyl (C=O) groups is 2. The Morgan fingerprint density at radius 2 is 1.75 bits per heavy atom. The van der Waals surface area contributed by atoms with E-state index in [4.69, 9.17) is 9.47 Å². The molecule has 6 nitrogen and oxygen atoms in total. The molecule has 0 aliphatic heterocycles. The summed E-state index contributed by atoms with van der Waals surface area (Å²) in [5, 5.41) is 5.48. The normalized spacial score (nSPS) is 10.4. The maximum absolute atomic E-state index is 12.3. The summed E-state index contributed by atoms with van der Waals surface area (Å²) >= 11 is 1.46. The minimum Gasteiger partial charge on any atom is -0.493 e. The lowest BCUT2D eigenvalue weighted by molar-refractivity contribution is -0.115. The fourth-order valence-corrected chi connectivity index (χ4v) is 3.46. The second kappa shape index (κ2) is 8.67. The van der Waals surface area contributed by atoms with Crippen molar-refractivity contribution in [2.45, 2.75) is 13.3 Å². The first-order chi connectivity index (χ1) is 13.5. The Labute approximate surface area is 167 Å². The van der Waals surface area contributed by atoms with Crippen LogP contribution in [0.15, 0.2) is 47.8 Å². The third-order valence-corrected chi connectivity index (χ3v) is 5.04. The average Bonchev–Trinajstić information content (AvgIpc) is 3.16. The molecule has 0 atom stereocenters. The minimum atomic E-state index is -0.167. The number of methoxy groups -OCH3 is 2. The van der Waals surface area contributed by atoms with E-state index in [-0.39, 0.29) is 18.1 Å². The molecular formula is C21H20N2O4S. The monoisotopic (exact) mass is 396 g/mol. The first kappa shape index (κ1) is 19.6. The zero-order valence-electron chi connectivity index (χ0n) is 15.8. The van der Waals surface area contributed by atoms with Gasteiger partial charge in [-0.15, -0.1) is 11.3 Å². The Morgan fingerprint density at radius 1 is 1.04 bits per heavy atom. The summed E-state index contributed by atoms with van der Waals surface area (Å²) in [6.45, 7) is 1.51. The van der Waals surface area contributed by atoms with Gasteiger partial charge >= 0.3 is 0 Å². The highest BCUT2D eigenvalue weighted by molar-refractivity contribution is 7.13. The number of ketones is 1. The number of hydrogen-bond donors (Lipinski definition) is 1. The van der Waals surface area contributed by atoms with E-state index in [1.807, 2.05) is 23.6 Å². The molecule has 1 N–H and O–H groups in total. The molecule has 0 radical (unpaired) electrons. The lowest BCUT2D eigenvalue weighted by Crippen LogP contribution is -2.14. The first-order valence-corrected chi connectivity index (χ1v) is 9.45. The summed E-state index contributed by atoms with van der Waals surface area (Å²) in [5.74, 6) is 1.10. The highest BCUT2D eigenvalue weighted by Gasteiger charge is 2.12. The lowest BCUT2D eigenvalue weighted by Gasteiger charge is -2.08. The number of benzene rings is 2. The van der Waals surface area contributed by atoms with E-state index in [1.54, 1.807) is 38.5 Å². The number of ether oxygens (including phenoxy) is 2. The number of thiazole rings is 1. The maximum atomic E-state index is 12.3. The van der Waals surface area contributed by atoms with E-state index < -0.39 is 0 Å². The Balaban J connectivity index is 1.67. The summed E-state index contributed by atoms with van der Waals surface area (Å²) in [6, 6.07) is 12.4. The van der Waals surface area contributed by atoms with Crippen LogP contribution >= 0.6 is 11.3 Å². The minimum absolute atomic E-state index is 0.0111. The highest BCUT2D eigenvalue weighted by atomic mass is 32.1. The van der Waals surface area contributed by atoms with Crippen LogP contribution in [0.4, 0.5) is 5.69 Å². The van der Waals surface area contributed by atoms with Crippen LogP contribution in [-0.4, -0.2) is 30.9 Å². The van der Waals surface area contributed by atoms with Gasteiger partial charge in [0.05, 0.1) is 26.3 Å². The number of carbonyl (C=O) groups excluding carboxylic acids is 2. The molecule has 3 rings (SSSR count). The van der Waals surface area contributed by atoms with Crippen molar-refractivity contribution in [3.05, 3.63) is 59.1 Å². The van der Waals surface area contributed by atoms with Crippen molar-refractivity contribution < 1.29 is 19.1 Å². The molecule has 0 saturated carbocycles. The van der Waals surface area contributed by atoms with Crippen molar-refractivity contribution in [3.8, 4) is 22.1 Å². The van der Waals surface area contributed by atoms with Gasteiger partial charge in [0.1, 0.15) is 5.01 Å². The van der Waals surface area contributed by atoms with E-state index in [2.05, 4.69) is 10.3 Å². The predicted molar refractivity (Wildman–Crippen MR) is 109 cm³/mol. The van der Waals surface area contributed by atoms with Crippen LogP contribution in [0.1, 0.15) is 23.0 Å². The fourth-order valence-electron chi connectivity index (χ4n) is 2.65. The summed E-state index contributed by atoms with van der Waals surface area (Å²) in [4.78, 5) is 28.1. The van der Waals surface area contributed by atoms with Crippen LogP contribution < -0.4 is 14.8 Å². The number of Topliss-reactive ketones (excluding diaryl/α,β-unsaturated/α-hetero) is 1. The van der Waals surface area contributed by atoms with Crippen molar-refractivity contribution in [1.29, 1.82) is 0 Å². The van der Waals surface area contributed by atoms with Gasteiger partial charge in [-0.3, -0.25) is 9.59 Å². The SMILES string of the molecule is COc1ccc(-c2nc(CC(=O)Nc3ccc(C(C)=O)cc3)cs2)cc1OC. The van der Waals surface area contributed by atoms with Crippen LogP contribution in [0.2, 0.25) is 0 Å². The van der Waals surface area contributed by atoms with Gasteiger partial charge in [-0.1, -0.05) is 0 Å². The van der Waals surface area contributed by atoms with Crippen LogP contribution in [0, 0.1) is 0 Å². The molecule has 144 valence electrons. The number of aromatic nitrogens is 1. The van der Waals surface area contributed by atoms with Gasteiger partial charge < -0.3 is 14.8 Å². The molecule has 1 amide bonds. The molecule has 0 fully saturated rings. The Hall–Kier alpha value is -3.19. The molecule has 0 saturated heterocycles. The number of hydrogen-bond acceptors (Lipinski definition) is 6. The highest BCUT2D eigenvalue weighted by Crippen LogP contribution is 2.33. The fraction of sp³-hybridized carbons (Fsp3) is 0.190. The zero-order valence-corrected chi connectivity index (χ0v) is 16.6. The van der Waals surface area contributed by atoms with Crippen LogP contribution in [0.3, 0.4) is 0 Å². The number of rotatable bonds is 7. The molecule has 0 spiro atoms. The maximum Gasteiger partial charge on any atom is 0.230 e. The molecule has 1 aromatic heterocycles. The summed E-state index contributed by atoms with van der Waals surface area (Å²) in [7, 11) is 3.17. The van der Waals surface area contributed by atoms with Crippen molar-refractivity contribution in [1.82, 2.24) is 4.98 Å². The summed E-state index contributed by atoms with van der Waals surface area (Å²) in [5.41, 5.74) is 2.84. The molecule has 2 aromatic carbocycles. The van der Waals surface area contributed by atoms with Gasteiger partial charge in [0, 0.05) is 22.2 Å². The average molecular weight is 396 g/mol.